The van der Waals surface area contributed by atoms with Crippen LogP contribution in [0.15, 0.2) is 91.0 Å². The summed E-state index contributed by atoms with van der Waals surface area (Å²) in [6, 6.07) is 23.7. The number of halogens is 1. The van der Waals surface area contributed by atoms with Crippen molar-refractivity contribution in [2.75, 3.05) is 13.2 Å². The van der Waals surface area contributed by atoms with Gasteiger partial charge in [0.2, 0.25) is 0 Å². The molecular weight excluding hydrogens is 844 g/mol. The molecule has 0 aliphatic carbocycles. The SMILES string of the molecule is CC(=O)OC[C@H]1O[C@H](O[C@@H]2[C@H](OC(=O)c3ccccc3)[C@@H](OC(=O)c3ccccc3)[C@@H](Br)O[C@@H]2COC(=O)c2ccccc2)[C@H](OC(C)=O)[C@@H](OC(C)=O)[C@H]1OC(C)=O. The number of hydrogen-bond donors (Lipinski definition) is 0. The van der Waals surface area contributed by atoms with Gasteiger partial charge in [-0.25, -0.2) is 14.4 Å². The fraction of sp³-hybridized carbons (Fsp3) is 0.390. The molecule has 2 aliphatic heterocycles. The van der Waals surface area contributed by atoms with Gasteiger partial charge >= 0.3 is 41.8 Å². The lowest BCUT2D eigenvalue weighted by atomic mass is 9.96. The molecule has 17 nitrogen and oxygen atoms in total. The van der Waals surface area contributed by atoms with Crippen LogP contribution in [-0.4, -0.2) is 115 Å². The van der Waals surface area contributed by atoms with E-state index < -0.39 is 115 Å². The molecule has 2 saturated heterocycles. The molecule has 5 rings (SSSR count). The maximum atomic E-state index is 13.8. The Balaban J connectivity index is 1.61. The highest BCUT2D eigenvalue weighted by Crippen LogP contribution is 2.37. The second-order valence-corrected chi connectivity index (χ2v) is 14.0. The van der Waals surface area contributed by atoms with Gasteiger partial charge in [-0.3, -0.25) is 19.2 Å². The summed E-state index contributed by atoms with van der Waals surface area (Å²) in [6.45, 7) is 3.13. The minimum atomic E-state index is -1.83. The van der Waals surface area contributed by atoms with Crippen LogP contribution in [-0.2, 0) is 66.5 Å². The normalized spacial score (nSPS) is 26.3. The first-order chi connectivity index (χ1) is 28.2. The predicted molar refractivity (Wildman–Crippen MR) is 202 cm³/mol. The molecule has 0 N–H and O–H groups in total. The minimum absolute atomic E-state index is 0.0938. The third-order valence-electron chi connectivity index (χ3n) is 8.71. The standard InChI is InChI=1S/C41H41BrO17/c1-22(43)50-20-30-31(52-23(2)44)34(53-24(3)45)36(54-25(4)46)41(56-30)59-32-29(21-51-38(47)26-14-8-5-9-15-26)55-37(42)35(58-40(49)28-18-12-7-13-19-28)33(32)57-39(48)27-16-10-6-11-17-27/h5-19,29-37,41H,20-21H2,1-4H3/t29-,30-,31+,32+,33+,34+,35-,36-,37+,41-/m1/s1. The van der Waals surface area contributed by atoms with E-state index in [9.17, 15) is 33.6 Å². The van der Waals surface area contributed by atoms with E-state index in [1.807, 2.05) is 0 Å². The number of carbonyl (C=O) groups is 7. The smallest absolute Gasteiger partial charge is 0.338 e. The zero-order chi connectivity index (χ0) is 42.6. The van der Waals surface area contributed by atoms with Crippen molar-refractivity contribution in [3.8, 4) is 0 Å². The highest BCUT2D eigenvalue weighted by atomic mass is 79.9. The quantitative estimate of drug-likeness (QED) is 0.128. The fourth-order valence-electron chi connectivity index (χ4n) is 6.22. The lowest BCUT2D eigenvalue weighted by Crippen LogP contribution is -2.66. The molecule has 314 valence electrons. The number of ether oxygens (including phenoxy) is 10. The van der Waals surface area contributed by atoms with E-state index >= 15 is 0 Å². The molecule has 18 heteroatoms. The van der Waals surface area contributed by atoms with E-state index in [-0.39, 0.29) is 16.7 Å². The van der Waals surface area contributed by atoms with Gasteiger partial charge in [-0.2, -0.15) is 0 Å². The van der Waals surface area contributed by atoms with Crippen molar-refractivity contribution in [2.24, 2.45) is 0 Å². The summed E-state index contributed by atoms with van der Waals surface area (Å²) in [5, 5.41) is -1.24. The van der Waals surface area contributed by atoms with Crippen LogP contribution in [0.4, 0.5) is 0 Å². The summed E-state index contributed by atoms with van der Waals surface area (Å²) in [6.07, 6.45) is -14.3. The molecule has 0 amide bonds. The highest BCUT2D eigenvalue weighted by Gasteiger charge is 2.57. The molecule has 10 atom stereocenters. The topological polar surface area (TPSA) is 212 Å². The van der Waals surface area contributed by atoms with Crippen LogP contribution in [0.1, 0.15) is 58.8 Å². The average molecular weight is 886 g/mol. The summed E-state index contributed by atoms with van der Waals surface area (Å²) in [5.41, 5.74) is 0.421. The van der Waals surface area contributed by atoms with Crippen molar-refractivity contribution in [1.29, 1.82) is 0 Å². The molecule has 3 aromatic rings. The molecule has 0 spiro atoms. The Hall–Kier alpha value is -5.69. The third-order valence-corrected chi connectivity index (χ3v) is 9.45. The maximum absolute atomic E-state index is 13.8. The minimum Gasteiger partial charge on any atom is -0.463 e. The van der Waals surface area contributed by atoms with E-state index in [0.29, 0.717) is 0 Å². The average Bonchev–Trinajstić information content (AvgIpc) is 3.21. The zero-order valence-electron chi connectivity index (χ0n) is 32.2. The molecule has 0 bridgehead atoms. The first-order valence-electron chi connectivity index (χ1n) is 18.2. The molecule has 0 saturated carbocycles. The fourth-order valence-corrected chi connectivity index (χ4v) is 6.91. The maximum Gasteiger partial charge on any atom is 0.338 e. The van der Waals surface area contributed by atoms with Crippen LogP contribution >= 0.6 is 15.9 Å². The van der Waals surface area contributed by atoms with Gasteiger partial charge in [-0.05, 0) is 36.4 Å². The lowest BCUT2D eigenvalue weighted by molar-refractivity contribution is -0.339. The monoisotopic (exact) mass is 884 g/mol. The van der Waals surface area contributed by atoms with Gasteiger partial charge in [0.15, 0.2) is 41.8 Å². The van der Waals surface area contributed by atoms with Gasteiger partial charge in [0.25, 0.3) is 0 Å². The van der Waals surface area contributed by atoms with Gasteiger partial charge in [0.05, 0.1) is 16.7 Å². The van der Waals surface area contributed by atoms with Gasteiger partial charge in [0, 0.05) is 27.7 Å². The Labute approximate surface area is 346 Å². The van der Waals surface area contributed by atoms with Crippen LogP contribution in [0, 0.1) is 0 Å². The van der Waals surface area contributed by atoms with Crippen molar-refractivity contribution >= 4 is 57.7 Å². The van der Waals surface area contributed by atoms with Gasteiger partial charge in [-0.15, -0.1) is 0 Å². The summed E-state index contributed by atoms with van der Waals surface area (Å²) >= 11 is 3.40. The summed E-state index contributed by atoms with van der Waals surface area (Å²) in [4.78, 5) is 90.0. The largest absolute Gasteiger partial charge is 0.463 e. The van der Waals surface area contributed by atoms with Crippen LogP contribution in [0.25, 0.3) is 0 Å². The Morgan fingerprint density at radius 2 is 0.864 bits per heavy atom. The predicted octanol–water partition coefficient (Wildman–Crippen LogP) is 3.88. The van der Waals surface area contributed by atoms with E-state index in [2.05, 4.69) is 15.9 Å². The zero-order valence-corrected chi connectivity index (χ0v) is 33.8. The first kappa shape index (κ1) is 44.4. The Kier molecular flexibility index (Phi) is 15.7. The van der Waals surface area contributed by atoms with Crippen LogP contribution < -0.4 is 0 Å². The number of alkyl halides is 1. The van der Waals surface area contributed by atoms with Gasteiger partial charge in [-0.1, -0.05) is 70.5 Å². The van der Waals surface area contributed by atoms with E-state index in [1.54, 1.807) is 54.6 Å². The Morgan fingerprint density at radius 1 is 0.458 bits per heavy atom. The number of benzene rings is 3. The molecular formula is C41H41BrO17. The van der Waals surface area contributed by atoms with E-state index in [0.717, 1.165) is 27.7 Å². The molecule has 3 aromatic carbocycles. The van der Waals surface area contributed by atoms with E-state index in [1.165, 1.54) is 36.4 Å². The van der Waals surface area contributed by atoms with Crippen molar-refractivity contribution < 1.29 is 80.9 Å². The van der Waals surface area contributed by atoms with Crippen molar-refractivity contribution in [3.05, 3.63) is 108 Å². The molecule has 0 aromatic heterocycles. The number of hydrogen-bond acceptors (Lipinski definition) is 17. The molecule has 2 aliphatic rings. The number of esters is 7. The molecule has 0 radical (unpaired) electrons. The molecule has 0 unspecified atom stereocenters. The van der Waals surface area contributed by atoms with Crippen LogP contribution in [0.2, 0.25) is 0 Å². The van der Waals surface area contributed by atoms with Gasteiger partial charge < -0.3 is 47.4 Å². The third kappa shape index (κ3) is 12.2. The summed E-state index contributed by atoms with van der Waals surface area (Å²) in [5.74, 6) is -5.92. The number of rotatable bonds is 14. The Bertz CT molecular complexity index is 1940. The summed E-state index contributed by atoms with van der Waals surface area (Å²) < 4.78 is 58.5. The van der Waals surface area contributed by atoms with E-state index in [4.69, 9.17) is 47.4 Å². The highest BCUT2D eigenvalue weighted by molar-refractivity contribution is 9.09. The second-order valence-electron chi connectivity index (χ2n) is 13.1. The number of carbonyl (C=O) groups excluding carboxylic acids is 7. The Morgan fingerprint density at radius 3 is 1.36 bits per heavy atom. The summed E-state index contributed by atoms with van der Waals surface area (Å²) in [7, 11) is 0. The first-order valence-corrected chi connectivity index (χ1v) is 19.1. The van der Waals surface area contributed by atoms with Crippen molar-refractivity contribution in [3.63, 3.8) is 0 Å². The van der Waals surface area contributed by atoms with Crippen molar-refractivity contribution in [2.45, 2.75) is 87.8 Å². The van der Waals surface area contributed by atoms with Crippen LogP contribution in [0.3, 0.4) is 0 Å². The van der Waals surface area contributed by atoms with Crippen molar-refractivity contribution in [1.82, 2.24) is 0 Å². The van der Waals surface area contributed by atoms with Gasteiger partial charge in [0.1, 0.15) is 31.5 Å². The molecule has 59 heavy (non-hydrogen) atoms. The molecule has 2 fully saturated rings. The molecule has 2 heterocycles. The van der Waals surface area contributed by atoms with Crippen LogP contribution in [0.5, 0.6) is 0 Å². The lowest BCUT2D eigenvalue weighted by Gasteiger charge is -2.48. The second kappa shape index (κ2) is 20.8.